The highest BCUT2D eigenvalue weighted by molar-refractivity contribution is 5.96. The lowest BCUT2D eigenvalue weighted by molar-refractivity contribution is 1.25. The molecule has 0 unspecified atom stereocenters. The number of hydrogen-bond donors (Lipinski definition) is 1. The number of hydrogen-bond acceptors (Lipinski definition) is 6. The average Bonchev–Trinajstić information content (AvgIpc) is 3.59. The molecular weight excluding hydrogens is 973 g/mol. The summed E-state index contributed by atoms with van der Waals surface area (Å²) in [6.07, 6.45) is 7.07. The smallest absolute Gasteiger partial charge is 0.0973 e. The van der Waals surface area contributed by atoms with Crippen LogP contribution in [0.15, 0.2) is 335 Å². The van der Waals surface area contributed by atoms with Crippen LogP contribution in [0.5, 0.6) is 0 Å². The third kappa shape index (κ3) is 11.8. The van der Waals surface area contributed by atoms with Crippen LogP contribution in [0.1, 0.15) is 0 Å². The van der Waals surface area contributed by atoms with E-state index in [-0.39, 0.29) is 0 Å². The lowest BCUT2D eigenvalue weighted by Gasteiger charge is -2.28. The fourth-order valence-electron chi connectivity index (χ4n) is 9.81. The first kappa shape index (κ1) is 51.3. The molecule has 12 rings (SSSR count). The van der Waals surface area contributed by atoms with E-state index in [1.54, 1.807) is 12.2 Å². The zero-order valence-corrected chi connectivity index (χ0v) is 44.2. The minimum atomic E-state index is 0.805. The van der Waals surface area contributed by atoms with Crippen LogP contribution in [0.4, 0.5) is 62.6 Å². The van der Waals surface area contributed by atoms with Crippen LogP contribution in [0.2, 0.25) is 0 Å². The van der Waals surface area contributed by atoms with Crippen molar-refractivity contribution in [3.05, 3.63) is 335 Å². The van der Waals surface area contributed by atoms with Crippen LogP contribution in [-0.4, -0.2) is 9.97 Å². The van der Waals surface area contributed by atoms with Crippen LogP contribution < -0.4 is 20.0 Å². The van der Waals surface area contributed by atoms with Crippen molar-refractivity contribution in [1.82, 2.24) is 9.97 Å². The topological polar surface area (TPSA) is 47.5 Å². The molecule has 0 saturated carbocycles. The van der Waals surface area contributed by atoms with Crippen molar-refractivity contribution in [3.63, 3.8) is 0 Å². The lowest BCUT2D eigenvalue weighted by atomic mass is 10.00. The van der Waals surface area contributed by atoms with E-state index in [4.69, 9.17) is 9.97 Å². The molecule has 0 aliphatic rings. The zero-order valence-electron chi connectivity index (χ0n) is 44.2. The Labute approximate surface area is 469 Å². The number of benzene rings is 11. The second-order valence-corrected chi connectivity index (χ2v) is 18.8. The molecule has 0 aliphatic heterocycles. The average molecular weight is 1030 g/mol. The minimum Gasteiger partial charge on any atom is -0.356 e. The fourth-order valence-corrected chi connectivity index (χ4v) is 9.81. The van der Waals surface area contributed by atoms with Gasteiger partial charge in [0.15, 0.2) is 0 Å². The molecule has 0 fully saturated rings. The van der Waals surface area contributed by atoms with Crippen LogP contribution in [0.25, 0.3) is 44.7 Å². The number of nitrogens with one attached hydrogen (secondary N) is 1. The van der Waals surface area contributed by atoms with Crippen LogP contribution in [0.3, 0.4) is 0 Å². The molecule has 6 nitrogen and oxygen atoms in total. The van der Waals surface area contributed by atoms with E-state index < -0.39 is 0 Å². The van der Waals surface area contributed by atoms with Crippen LogP contribution >= 0.6 is 0 Å². The van der Waals surface area contributed by atoms with Gasteiger partial charge in [0, 0.05) is 79.3 Å². The molecular formula is C74H58N6. The second kappa shape index (κ2) is 24.9. The second-order valence-electron chi connectivity index (χ2n) is 18.8. The Balaban J connectivity index is 0.00000107. The van der Waals surface area contributed by atoms with Gasteiger partial charge in [-0.2, -0.15) is 0 Å². The first-order valence-corrected chi connectivity index (χ1v) is 26.7. The summed E-state index contributed by atoms with van der Waals surface area (Å²) in [7, 11) is 0. The standard InChI is InChI=1S/C68H50N6.C6H8/c1-7-20-50(21-8-1)64-32-19-33-65-68(64)71-67(52-36-42-59(43-37-52)73(57-28-15-5-16-29-57)61-44-38-54(39-45-61)69-53-22-9-2-10-23-53)66(70-65)51-34-40-60(41-35-51)74(58-30-17-6-18-31-58)63-48-46-62(47-49-63)72(55-24-11-3-12-25-55)56-26-13-4-14-27-56;1-3-5-6-4-2/h1-49,69H;3-6H,1-2H2/b;6-5-. The van der Waals surface area contributed by atoms with Gasteiger partial charge in [0.25, 0.3) is 0 Å². The number of aromatic nitrogens is 2. The van der Waals surface area contributed by atoms with Gasteiger partial charge in [-0.25, -0.2) is 9.97 Å². The number of rotatable bonds is 16. The number of anilines is 11. The maximum Gasteiger partial charge on any atom is 0.0973 e. The lowest BCUT2D eigenvalue weighted by Crippen LogP contribution is -2.12. The predicted octanol–water partition coefficient (Wildman–Crippen LogP) is 20.7. The number of allylic oxidation sites excluding steroid dienone is 4. The molecule has 384 valence electrons. The van der Waals surface area contributed by atoms with Gasteiger partial charge in [-0.1, -0.05) is 195 Å². The summed E-state index contributed by atoms with van der Waals surface area (Å²) >= 11 is 0. The van der Waals surface area contributed by atoms with Gasteiger partial charge in [-0.3, -0.25) is 0 Å². The number of fused-ring (bicyclic) bond motifs is 1. The van der Waals surface area contributed by atoms with E-state index in [9.17, 15) is 0 Å². The summed E-state index contributed by atoms with van der Waals surface area (Å²) < 4.78 is 0. The molecule has 0 atom stereocenters. The molecule has 0 amide bonds. The third-order valence-electron chi connectivity index (χ3n) is 13.6. The summed E-state index contributed by atoms with van der Waals surface area (Å²) in [5, 5.41) is 3.52. The van der Waals surface area contributed by atoms with Gasteiger partial charge in [-0.05, 0) is 145 Å². The fraction of sp³-hybridized carbons (Fsp3) is 0. The van der Waals surface area contributed by atoms with Gasteiger partial charge in [-0.15, -0.1) is 0 Å². The first-order chi connectivity index (χ1) is 39.6. The molecule has 6 heteroatoms. The van der Waals surface area contributed by atoms with Gasteiger partial charge in [0.05, 0.1) is 22.4 Å². The summed E-state index contributed by atoms with van der Waals surface area (Å²) in [4.78, 5) is 17.9. The molecule has 0 bridgehead atoms. The van der Waals surface area contributed by atoms with E-state index in [0.717, 1.165) is 107 Å². The molecule has 0 spiro atoms. The summed E-state index contributed by atoms with van der Waals surface area (Å²) in [6, 6.07) is 104. The molecule has 1 heterocycles. The highest BCUT2D eigenvalue weighted by Gasteiger charge is 2.20. The quantitative estimate of drug-likeness (QED) is 0.0973. The van der Waals surface area contributed by atoms with Crippen molar-refractivity contribution < 1.29 is 0 Å². The summed E-state index contributed by atoms with van der Waals surface area (Å²) in [5.74, 6) is 0. The van der Waals surface area contributed by atoms with Crippen molar-refractivity contribution in [2.75, 3.05) is 20.0 Å². The predicted molar refractivity (Wildman–Crippen MR) is 339 cm³/mol. The van der Waals surface area contributed by atoms with E-state index in [1.807, 2.05) is 36.4 Å². The SMILES string of the molecule is C=C/C=C\C=C.c1ccc(Nc2ccc(N(c3ccccc3)c3ccc(-c4nc5c(-c6ccccc6)cccc5nc4-c4ccc(N(c5ccccc5)c5ccc(N(c6ccccc6)c6ccccc6)cc5)cc4)cc3)cc2)cc1. The van der Waals surface area contributed by atoms with Crippen molar-refractivity contribution in [2.24, 2.45) is 0 Å². The van der Waals surface area contributed by atoms with E-state index >= 15 is 0 Å². The number of para-hydroxylation sites is 6. The maximum atomic E-state index is 5.55. The Hall–Kier alpha value is -10.8. The van der Waals surface area contributed by atoms with Gasteiger partial charge >= 0.3 is 0 Å². The van der Waals surface area contributed by atoms with Crippen molar-refractivity contribution >= 4 is 73.6 Å². The molecule has 12 aromatic rings. The Bertz CT molecular complexity index is 3900. The summed E-state index contributed by atoms with van der Waals surface area (Å²) in [6.45, 7) is 6.93. The minimum absolute atomic E-state index is 0.805. The molecule has 1 N–H and O–H groups in total. The Morgan fingerprint density at radius 1 is 0.275 bits per heavy atom. The molecule has 0 aliphatic carbocycles. The zero-order chi connectivity index (χ0) is 54.3. The molecule has 11 aromatic carbocycles. The Kier molecular flexibility index (Phi) is 16.0. The van der Waals surface area contributed by atoms with Crippen molar-refractivity contribution in [3.8, 4) is 33.6 Å². The third-order valence-corrected chi connectivity index (χ3v) is 13.6. The summed E-state index contributed by atoms with van der Waals surface area (Å²) in [5.41, 5.74) is 18.9. The van der Waals surface area contributed by atoms with E-state index in [0.29, 0.717) is 0 Å². The van der Waals surface area contributed by atoms with Gasteiger partial charge in [0.2, 0.25) is 0 Å². The van der Waals surface area contributed by atoms with Crippen molar-refractivity contribution in [2.45, 2.75) is 0 Å². The molecule has 0 radical (unpaired) electrons. The molecule has 80 heavy (non-hydrogen) atoms. The largest absolute Gasteiger partial charge is 0.356 e. The highest BCUT2D eigenvalue weighted by atomic mass is 15.2. The molecule has 1 aromatic heterocycles. The first-order valence-electron chi connectivity index (χ1n) is 26.7. The van der Waals surface area contributed by atoms with Gasteiger partial charge in [0.1, 0.15) is 0 Å². The van der Waals surface area contributed by atoms with Crippen LogP contribution in [0, 0.1) is 0 Å². The number of nitrogens with zero attached hydrogens (tertiary/aromatic N) is 5. The Morgan fingerprint density at radius 3 is 0.975 bits per heavy atom. The van der Waals surface area contributed by atoms with Gasteiger partial charge < -0.3 is 20.0 Å². The van der Waals surface area contributed by atoms with E-state index in [1.165, 1.54) is 0 Å². The molecule has 0 saturated heterocycles. The Morgan fingerprint density at radius 2 is 0.588 bits per heavy atom. The normalized spacial score (nSPS) is 10.8. The van der Waals surface area contributed by atoms with E-state index in [2.05, 4.69) is 306 Å². The maximum absolute atomic E-state index is 5.55. The monoisotopic (exact) mass is 1030 g/mol. The van der Waals surface area contributed by atoms with Crippen LogP contribution in [-0.2, 0) is 0 Å². The highest BCUT2D eigenvalue weighted by Crippen LogP contribution is 2.42. The van der Waals surface area contributed by atoms with Crippen molar-refractivity contribution in [1.29, 1.82) is 0 Å².